The first-order valence-corrected chi connectivity index (χ1v) is 15.8. The van der Waals surface area contributed by atoms with Crippen molar-refractivity contribution in [1.29, 1.82) is 0 Å². The van der Waals surface area contributed by atoms with Crippen LogP contribution in [0.25, 0.3) is 21.8 Å². The summed E-state index contributed by atoms with van der Waals surface area (Å²) in [6.45, 7) is 10.7. The minimum atomic E-state index is -0.152. The van der Waals surface area contributed by atoms with Gasteiger partial charge in [-0.3, -0.25) is 19.2 Å². The number of ether oxygens (including phenoxy) is 1. The molecule has 0 saturated carbocycles. The highest BCUT2D eigenvalue weighted by atomic mass is 16.5. The first-order valence-electron chi connectivity index (χ1n) is 15.8. The number of carbonyl (C=O) groups excluding carboxylic acids is 1. The van der Waals surface area contributed by atoms with Gasteiger partial charge in [-0.05, 0) is 75.3 Å². The van der Waals surface area contributed by atoms with Crippen molar-refractivity contribution >= 4 is 33.5 Å². The average molecular weight is 584 g/mol. The van der Waals surface area contributed by atoms with Crippen molar-refractivity contribution in [2.45, 2.75) is 64.6 Å². The highest BCUT2D eigenvalue weighted by molar-refractivity contribution is 6.07. The molecule has 1 aromatic carbocycles. The summed E-state index contributed by atoms with van der Waals surface area (Å²) in [4.78, 5) is 41.5. The zero-order valence-electron chi connectivity index (χ0n) is 25.2. The number of nitrogens with zero attached hydrogens (tertiary/aromatic N) is 6. The number of carbonyl (C=O) groups is 1. The van der Waals surface area contributed by atoms with Crippen molar-refractivity contribution in [3.8, 4) is 0 Å². The number of aryl methyl sites for hydroxylation is 1. The standard InChI is InChI=1S/C33H41N7O3/c1-22-16-29-27(31-28(32(41)36-29)19-35-40(31)25-8-14-43-15-9-25)17-26(22)33(42)39-13-12-38(23(2)20-39)21-24-6-7-30(34-18-24)37-10-4-3-5-11-37/h6-7,16-19,23,25H,3-5,8-15,20-21H2,1-2H3,(H,36,41)/t23-/m0/s1. The predicted octanol–water partition coefficient (Wildman–Crippen LogP) is 4.27. The number of benzene rings is 1. The Kier molecular flexibility index (Phi) is 7.65. The molecule has 0 unspecified atom stereocenters. The molecule has 6 heterocycles. The first-order chi connectivity index (χ1) is 21.0. The molecule has 4 aromatic rings. The molecule has 1 atom stereocenters. The van der Waals surface area contributed by atoms with Gasteiger partial charge >= 0.3 is 0 Å². The monoisotopic (exact) mass is 583 g/mol. The second-order valence-corrected chi connectivity index (χ2v) is 12.5. The third kappa shape index (κ3) is 5.42. The van der Waals surface area contributed by atoms with Crippen LogP contribution in [0.5, 0.6) is 0 Å². The maximum absolute atomic E-state index is 14.0. The van der Waals surface area contributed by atoms with E-state index in [1.807, 2.05) is 34.8 Å². The number of aromatic amines is 1. The SMILES string of the molecule is Cc1cc2[nH]c(=O)c3cnn(C4CCOCC4)c3c2cc1C(=O)N1CCN(Cc2ccc(N3CCCCC3)nc2)[C@@H](C)C1. The van der Waals surface area contributed by atoms with Crippen molar-refractivity contribution in [3.63, 3.8) is 0 Å². The number of fused-ring (bicyclic) bond motifs is 3. The fraction of sp³-hybridized carbons (Fsp3) is 0.515. The molecule has 0 bridgehead atoms. The van der Waals surface area contributed by atoms with Crippen LogP contribution in [0.4, 0.5) is 5.82 Å². The smallest absolute Gasteiger partial charge is 0.259 e. The van der Waals surface area contributed by atoms with Crippen LogP contribution in [0.1, 0.15) is 66.6 Å². The number of aromatic nitrogens is 4. The van der Waals surface area contributed by atoms with Crippen LogP contribution in [-0.2, 0) is 11.3 Å². The lowest BCUT2D eigenvalue weighted by atomic mass is 10.0. The van der Waals surface area contributed by atoms with Gasteiger partial charge in [0.05, 0.1) is 28.7 Å². The Hall–Kier alpha value is -3.76. The lowest BCUT2D eigenvalue weighted by Crippen LogP contribution is -2.53. The molecule has 0 radical (unpaired) electrons. The second-order valence-electron chi connectivity index (χ2n) is 12.5. The molecule has 1 N–H and O–H groups in total. The Morgan fingerprint density at radius 2 is 1.84 bits per heavy atom. The van der Waals surface area contributed by atoms with E-state index in [0.717, 1.165) is 66.8 Å². The minimum Gasteiger partial charge on any atom is -0.381 e. The molecule has 0 aliphatic carbocycles. The molecular weight excluding hydrogens is 542 g/mol. The minimum absolute atomic E-state index is 0.0370. The van der Waals surface area contributed by atoms with E-state index in [4.69, 9.17) is 9.72 Å². The van der Waals surface area contributed by atoms with E-state index >= 15 is 0 Å². The summed E-state index contributed by atoms with van der Waals surface area (Å²) in [7, 11) is 0. The summed E-state index contributed by atoms with van der Waals surface area (Å²) >= 11 is 0. The van der Waals surface area contributed by atoms with Gasteiger partial charge in [0.25, 0.3) is 11.5 Å². The van der Waals surface area contributed by atoms with Gasteiger partial charge in [0, 0.05) is 75.7 Å². The zero-order valence-corrected chi connectivity index (χ0v) is 25.2. The van der Waals surface area contributed by atoms with E-state index in [-0.39, 0.29) is 23.6 Å². The van der Waals surface area contributed by atoms with Crippen LogP contribution in [0.15, 0.2) is 41.5 Å². The number of amides is 1. The van der Waals surface area contributed by atoms with Crippen LogP contribution in [-0.4, -0.2) is 87.4 Å². The van der Waals surface area contributed by atoms with Gasteiger partial charge < -0.3 is 19.5 Å². The molecule has 0 spiro atoms. The van der Waals surface area contributed by atoms with Crippen molar-refractivity contribution in [1.82, 2.24) is 29.5 Å². The maximum atomic E-state index is 14.0. The number of pyridine rings is 2. The molecule has 3 saturated heterocycles. The van der Waals surface area contributed by atoms with Crippen LogP contribution < -0.4 is 10.5 Å². The molecule has 1 amide bonds. The van der Waals surface area contributed by atoms with Crippen LogP contribution in [0.3, 0.4) is 0 Å². The van der Waals surface area contributed by atoms with E-state index in [1.54, 1.807) is 6.20 Å². The summed E-state index contributed by atoms with van der Waals surface area (Å²) in [6, 6.07) is 8.65. The molecule has 3 aliphatic rings. The lowest BCUT2D eigenvalue weighted by Gasteiger charge is -2.40. The van der Waals surface area contributed by atoms with E-state index in [2.05, 4.69) is 38.9 Å². The number of nitrogens with one attached hydrogen (secondary N) is 1. The van der Waals surface area contributed by atoms with Crippen LogP contribution in [0.2, 0.25) is 0 Å². The Labute approximate surface area is 251 Å². The van der Waals surface area contributed by atoms with Gasteiger partial charge in [-0.25, -0.2) is 4.98 Å². The molecular formula is C33H41N7O3. The van der Waals surface area contributed by atoms with Crippen LogP contribution in [0, 0.1) is 6.92 Å². The number of hydrogen-bond acceptors (Lipinski definition) is 7. The molecule has 226 valence electrons. The molecule has 3 aromatic heterocycles. The third-order valence-electron chi connectivity index (χ3n) is 9.60. The molecule has 10 heteroatoms. The van der Waals surface area contributed by atoms with E-state index in [9.17, 15) is 9.59 Å². The molecule has 10 nitrogen and oxygen atoms in total. The van der Waals surface area contributed by atoms with Gasteiger partial charge in [-0.2, -0.15) is 5.10 Å². The fourth-order valence-corrected chi connectivity index (χ4v) is 7.07. The van der Waals surface area contributed by atoms with Gasteiger partial charge in [0.2, 0.25) is 0 Å². The third-order valence-corrected chi connectivity index (χ3v) is 9.60. The normalized spacial score (nSPS) is 20.7. The molecule has 7 rings (SSSR count). The summed E-state index contributed by atoms with van der Waals surface area (Å²) in [6.07, 6.45) is 9.17. The van der Waals surface area contributed by atoms with Gasteiger partial charge in [0.1, 0.15) is 5.82 Å². The van der Waals surface area contributed by atoms with E-state index < -0.39 is 0 Å². The largest absolute Gasteiger partial charge is 0.381 e. The Morgan fingerprint density at radius 1 is 1.02 bits per heavy atom. The number of hydrogen-bond donors (Lipinski definition) is 1. The first kappa shape index (κ1) is 28.0. The number of rotatable bonds is 5. The summed E-state index contributed by atoms with van der Waals surface area (Å²) < 4.78 is 7.54. The van der Waals surface area contributed by atoms with E-state index in [1.165, 1.54) is 24.8 Å². The zero-order chi connectivity index (χ0) is 29.5. The van der Waals surface area contributed by atoms with E-state index in [0.29, 0.717) is 37.3 Å². The fourth-order valence-electron chi connectivity index (χ4n) is 7.07. The van der Waals surface area contributed by atoms with Crippen molar-refractivity contribution in [2.24, 2.45) is 0 Å². The summed E-state index contributed by atoms with van der Waals surface area (Å²) in [5.41, 5.74) is 4.13. The lowest BCUT2D eigenvalue weighted by molar-refractivity contribution is 0.0494. The number of piperazine rings is 1. The second kappa shape index (κ2) is 11.7. The number of piperidine rings is 1. The Morgan fingerprint density at radius 3 is 2.58 bits per heavy atom. The molecule has 3 aliphatic heterocycles. The highest BCUT2D eigenvalue weighted by Crippen LogP contribution is 2.30. The Balaban J connectivity index is 1.09. The summed E-state index contributed by atoms with van der Waals surface area (Å²) in [5, 5.41) is 6.05. The Bertz CT molecular complexity index is 1680. The van der Waals surface area contributed by atoms with Crippen LogP contribution >= 0.6 is 0 Å². The van der Waals surface area contributed by atoms with Gasteiger partial charge in [-0.1, -0.05) is 6.07 Å². The molecule has 43 heavy (non-hydrogen) atoms. The summed E-state index contributed by atoms with van der Waals surface area (Å²) in [5.74, 6) is 1.12. The quantitative estimate of drug-likeness (QED) is 0.375. The van der Waals surface area contributed by atoms with Crippen molar-refractivity contribution in [3.05, 3.63) is 63.7 Å². The van der Waals surface area contributed by atoms with Gasteiger partial charge in [-0.15, -0.1) is 0 Å². The topological polar surface area (TPSA) is 99.6 Å². The predicted molar refractivity (Wildman–Crippen MR) is 168 cm³/mol. The molecule has 3 fully saturated rings. The number of H-pyrrole nitrogens is 1. The number of anilines is 1. The maximum Gasteiger partial charge on any atom is 0.259 e. The van der Waals surface area contributed by atoms with Crippen molar-refractivity contribution in [2.75, 3.05) is 50.8 Å². The van der Waals surface area contributed by atoms with Gasteiger partial charge in [0.15, 0.2) is 0 Å². The van der Waals surface area contributed by atoms with Crippen molar-refractivity contribution < 1.29 is 9.53 Å². The average Bonchev–Trinajstić information content (AvgIpc) is 3.49. The highest BCUT2D eigenvalue weighted by Gasteiger charge is 2.29.